The first-order valence-electron chi connectivity index (χ1n) is 6.47. The summed E-state index contributed by atoms with van der Waals surface area (Å²) in [6.07, 6.45) is 6.18. The van der Waals surface area contributed by atoms with Crippen molar-refractivity contribution in [3.05, 3.63) is 42.2 Å². The number of pyridine rings is 1. The molecule has 0 aliphatic heterocycles. The molecule has 2 aromatic rings. The van der Waals surface area contributed by atoms with Gasteiger partial charge in [-0.2, -0.15) is 0 Å². The maximum atomic E-state index is 15.2. The molecule has 2 nitrogen and oxygen atoms in total. The highest BCUT2D eigenvalue weighted by Crippen LogP contribution is 2.42. The highest BCUT2D eigenvalue weighted by molar-refractivity contribution is 5.85. The highest BCUT2D eigenvalue weighted by atomic mass is 19.1. The SMILES string of the molecule is NC1CCCC(F)(c2cncc3ccccc23)C1. The standard InChI is InChI=1S/C15H17FN2/c16-15(7-3-5-12(17)8-15)14-10-18-9-11-4-1-2-6-13(11)14/h1-2,4,6,9-10,12H,3,5,7-8,17H2. The topological polar surface area (TPSA) is 38.9 Å². The van der Waals surface area contributed by atoms with Gasteiger partial charge in [0.25, 0.3) is 0 Å². The van der Waals surface area contributed by atoms with Crippen LogP contribution >= 0.6 is 0 Å². The van der Waals surface area contributed by atoms with Gasteiger partial charge in [-0.3, -0.25) is 4.98 Å². The first-order valence-corrected chi connectivity index (χ1v) is 6.47. The van der Waals surface area contributed by atoms with Gasteiger partial charge in [0, 0.05) is 35.8 Å². The Labute approximate surface area is 106 Å². The molecule has 1 fully saturated rings. The molecule has 1 aromatic heterocycles. The second-order valence-corrected chi connectivity index (χ2v) is 5.23. The van der Waals surface area contributed by atoms with E-state index in [0.29, 0.717) is 18.4 Å². The predicted molar refractivity (Wildman–Crippen MR) is 71.0 cm³/mol. The van der Waals surface area contributed by atoms with Crippen molar-refractivity contribution in [2.45, 2.75) is 37.4 Å². The molecule has 0 bridgehead atoms. The number of halogens is 1. The maximum Gasteiger partial charge on any atom is 0.139 e. The number of rotatable bonds is 1. The summed E-state index contributed by atoms with van der Waals surface area (Å²) < 4.78 is 15.2. The van der Waals surface area contributed by atoms with Crippen LogP contribution in [-0.2, 0) is 5.67 Å². The van der Waals surface area contributed by atoms with Crippen molar-refractivity contribution in [1.82, 2.24) is 4.98 Å². The summed E-state index contributed by atoms with van der Waals surface area (Å²) >= 11 is 0. The van der Waals surface area contributed by atoms with E-state index >= 15 is 4.39 Å². The minimum Gasteiger partial charge on any atom is -0.328 e. The van der Waals surface area contributed by atoms with Crippen molar-refractivity contribution in [1.29, 1.82) is 0 Å². The van der Waals surface area contributed by atoms with Gasteiger partial charge in [0.2, 0.25) is 0 Å². The van der Waals surface area contributed by atoms with Crippen molar-refractivity contribution in [2.75, 3.05) is 0 Å². The van der Waals surface area contributed by atoms with Crippen molar-refractivity contribution < 1.29 is 4.39 Å². The number of nitrogens with zero attached hydrogens (tertiary/aromatic N) is 1. The van der Waals surface area contributed by atoms with Crippen molar-refractivity contribution in [2.24, 2.45) is 5.73 Å². The van der Waals surface area contributed by atoms with Crippen molar-refractivity contribution >= 4 is 10.8 Å². The quantitative estimate of drug-likeness (QED) is 0.836. The van der Waals surface area contributed by atoms with E-state index in [1.165, 1.54) is 0 Å². The van der Waals surface area contributed by atoms with E-state index in [1.807, 2.05) is 24.3 Å². The average molecular weight is 244 g/mol. The van der Waals surface area contributed by atoms with E-state index in [4.69, 9.17) is 5.73 Å². The molecule has 1 aliphatic carbocycles. The minimum absolute atomic E-state index is 0.0391. The minimum atomic E-state index is -1.31. The molecule has 18 heavy (non-hydrogen) atoms. The number of benzene rings is 1. The molecule has 0 amide bonds. The fraction of sp³-hybridized carbons (Fsp3) is 0.400. The molecule has 1 aromatic carbocycles. The molecule has 2 unspecified atom stereocenters. The zero-order valence-electron chi connectivity index (χ0n) is 10.3. The molecule has 2 N–H and O–H groups in total. The number of fused-ring (bicyclic) bond motifs is 1. The molecule has 0 spiro atoms. The molecule has 2 atom stereocenters. The van der Waals surface area contributed by atoms with Crippen molar-refractivity contribution in [3.8, 4) is 0 Å². The summed E-state index contributed by atoms with van der Waals surface area (Å²) in [5.74, 6) is 0. The number of hydrogen-bond acceptors (Lipinski definition) is 2. The lowest BCUT2D eigenvalue weighted by Crippen LogP contribution is -2.36. The van der Waals surface area contributed by atoms with Crippen LogP contribution in [0.2, 0.25) is 0 Å². The number of hydrogen-bond donors (Lipinski definition) is 1. The summed E-state index contributed by atoms with van der Waals surface area (Å²) in [5, 5.41) is 1.95. The fourth-order valence-electron chi connectivity index (χ4n) is 2.98. The van der Waals surface area contributed by atoms with Gasteiger partial charge < -0.3 is 5.73 Å². The monoisotopic (exact) mass is 244 g/mol. The number of alkyl halides is 1. The van der Waals surface area contributed by atoms with E-state index in [2.05, 4.69) is 4.98 Å². The molecule has 0 saturated heterocycles. The first-order chi connectivity index (χ1) is 8.69. The van der Waals surface area contributed by atoms with Gasteiger partial charge >= 0.3 is 0 Å². The summed E-state index contributed by atoms with van der Waals surface area (Å²) in [7, 11) is 0. The third-order valence-electron chi connectivity index (χ3n) is 3.88. The van der Waals surface area contributed by atoms with Crippen LogP contribution in [-0.4, -0.2) is 11.0 Å². The van der Waals surface area contributed by atoms with E-state index in [1.54, 1.807) is 12.4 Å². The van der Waals surface area contributed by atoms with Crippen LogP contribution < -0.4 is 5.73 Å². The van der Waals surface area contributed by atoms with E-state index < -0.39 is 5.67 Å². The molecule has 3 rings (SSSR count). The first kappa shape index (κ1) is 11.6. The fourth-order valence-corrected chi connectivity index (χ4v) is 2.98. The zero-order chi connectivity index (χ0) is 12.6. The Morgan fingerprint density at radius 1 is 1.28 bits per heavy atom. The van der Waals surface area contributed by atoms with E-state index in [-0.39, 0.29) is 6.04 Å². The van der Waals surface area contributed by atoms with Crippen LogP contribution in [0.1, 0.15) is 31.2 Å². The molecule has 1 saturated carbocycles. The second-order valence-electron chi connectivity index (χ2n) is 5.23. The van der Waals surface area contributed by atoms with Gasteiger partial charge in [0.15, 0.2) is 0 Å². The van der Waals surface area contributed by atoms with Gasteiger partial charge in [-0.25, -0.2) is 4.39 Å². The van der Waals surface area contributed by atoms with E-state index in [0.717, 1.165) is 23.6 Å². The summed E-state index contributed by atoms with van der Waals surface area (Å²) in [5.41, 5.74) is 5.32. The third kappa shape index (κ3) is 1.89. The Morgan fingerprint density at radius 3 is 2.94 bits per heavy atom. The molecule has 0 radical (unpaired) electrons. The van der Waals surface area contributed by atoms with Gasteiger partial charge in [-0.1, -0.05) is 24.3 Å². The molecule has 1 heterocycles. The normalized spacial score (nSPS) is 28.4. The molecular formula is C15H17FN2. The van der Waals surface area contributed by atoms with E-state index in [9.17, 15) is 0 Å². The zero-order valence-corrected chi connectivity index (χ0v) is 10.3. The van der Waals surface area contributed by atoms with Gasteiger partial charge in [0.1, 0.15) is 5.67 Å². The summed E-state index contributed by atoms with van der Waals surface area (Å²) in [4.78, 5) is 4.18. The van der Waals surface area contributed by atoms with Crippen LogP contribution in [0.25, 0.3) is 10.8 Å². The highest BCUT2D eigenvalue weighted by Gasteiger charge is 2.38. The van der Waals surface area contributed by atoms with Crippen LogP contribution in [0.3, 0.4) is 0 Å². The van der Waals surface area contributed by atoms with Gasteiger partial charge in [-0.15, -0.1) is 0 Å². The Balaban J connectivity index is 2.13. The van der Waals surface area contributed by atoms with Crippen LogP contribution in [0.15, 0.2) is 36.7 Å². The van der Waals surface area contributed by atoms with Crippen molar-refractivity contribution in [3.63, 3.8) is 0 Å². The number of aromatic nitrogens is 1. The Bertz CT molecular complexity index is 564. The predicted octanol–water partition coefficient (Wildman–Crippen LogP) is 3.30. The second kappa shape index (κ2) is 4.32. The Morgan fingerprint density at radius 2 is 2.11 bits per heavy atom. The maximum absolute atomic E-state index is 15.2. The largest absolute Gasteiger partial charge is 0.328 e. The molecule has 1 aliphatic rings. The van der Waals surface area contributed by atoms with Gasteiger partial charge in [0.05, 0.1) is 0 Å². The molecular weight excluding hydrogens is 227 g/mol. The summed E-state index contributed by atoms with van der Waals surface area (Å²) in [6, 6.07) is 7.79. The Kier molecular flexibility index (Phi) is 2.78. The molecule has 94 valence electrons. The molecule has 3 heteroatoms. The lowest BCUT2D eigenvalue weighted by atomic mass is 9.78. The lowest BCUT2D eigenvalue weighted by Gasteiger charge is -2.33. The summed E-state index contributed by atoms with van der Waals surface area (Å²) in [6.45, 7) is 0. The average Bonchev–Trinajstić information content (AvgIpc) is 2.38. The van der Waals surface area contributed by atoms with Crippen LogP contribution in [0, 0.1) is 0 Å². The third-order valence-corrected chi connectivity index (χ3v) is 3.88. The Hall–Kier alpha value is -1.48. The van der Waals surface area contributed by atoms with Crippen LogP contribution in [0.4, 0.5) is 4.39 Å². The lowest BCUT2D eigenvalue weighted by molar-refractivity contribution is 0.0960. The van der Waals surface area contributed by atoms with Crippen LogP contribution in [0.5, 0.6) is 0 Å². The van der Waals surface area contributed by atoms with Gasteiger partial charge in [-0.05, 0) is 24.6 Å². The smallest absolute Gasteiger partial charge is 0.139 e. The number of nitrogens with two attached hydrogens (primary N) is 1.